The normalized spacial score (nSPS) is 19.5. The lowest BCUT2D eigenvalue weighted by atomic mass is 9.98. The summed E-state index contributed by atoms with van der Waals surface area (Å²) < 4.78 is 1.17. The lowest BCUT2D eigenvalue weighted by Crippen LogP contribution is -2.45. The van der Waals surface area contributed by atoms with Crippen LogP contribution < -0.4 is 5.73 Å². The van der Waals surface area contributed by atoms with Crippen molar-refractivity contribution in [3.05, 3.63) is 33.8 Å². The number of hydrogen-bond donors (Lipinski definition) is 1. The molecule has 20 heavy (non-hydrogen) atoms. The Kier molecular flexibility index (Phi) is 5.61. The first-order valence-electron chi connectivity index (χ1n) is 7.39. The number of likely N-dealkylation sites (N-methyl/N-ethyl adjacent to an activating group) is 1. The minimum Gasteiger partial charge on any atom is -0.329 e. The largest absolute Gasteiger partial charge is 0.329 e. The highest BCUT2D eigenvalue weighted by Crippen LogP contribution is 2.30. The lowest BCUT2D eigenvalue weighted by molar-refractivity contribution is 0.109. The van der Waals surface area contributed by atoms with Gasteiger partial charge in [0.15, 0.2) is 0 Å². The van der Waals surface area contributed by atoms with Crippen molar-refractivity contribution in [2.24, 2.45) is 5.73 Å². The number of hydrogen-bond acceptors (Lipinski definition) is 3. The van der Waals surface area contributed by atoms with Gasteiger partial charge in [-0.2, -0.15) is 0 Å². The summed E-state index contributed by atoms with van der Waals surface area (Å²) in [7, 11) is 4.42. The SMILES string of the molecule is Cc1ccc(C(CN)N(C)C2CCN(C)CC2)c(Br)c1. The lowest BCUT2D eigenvalue weighted by Gasteiger charge is -2.39. The van der Waals surface area contributed by atoms with Crippen LogP contribution in [0, 0.1) is 6.92 Å². The molecule has 1 unspecified atom stereocenters. The Bertz CT molecular complexity index is 441. The quantitative estimate of drug-likeness (QED) is 0.915. The van der Waals surface area contributed by atoms with E-state index in [1.54, 1.807) is 0 Å². The van der Waals surface area contributed by atoms with Crippen LogP contribution in [0.3, 0.4) is 0 Å². The van der Waals surface area contributed by atoms with Gasteiger partial charge in [0.1, 0.15) is 0 Å². The average Bonchev–Trinajstić information content (AvgIpc) is 2.42. The summed E-state index contributed by atoms with van der Waals surface area (Å²) in [6, 6.07) is 7.49. The van der Waals surface area contributed by atoms with Gasteiger partial charge in [0, 0.05) is 23.1 Å². The van der Waals surface area contributed by atoms with E-state index >= 15 is 0 Å². The molecule has 0 bridgehead atoms. The van der Waals surface area contributed by atoms with Crippen LogP contribution in [-0.4, -0.2) is 49.6 Å². The van der Waals surface area contributed by atoms with E-state index in [1.807, 2.05) is 0 Å². The summed E-state index contributed by atoms with van der Waals surface area (Å²) in [5.41, 5.74) is 8.66. The first kappa shape index (κ1) is 16.0. The molecule has 1 fully saturated rings. The minimum atomic E-state index is 0.290. The Morgan fingerprint density at radius 1 is 1.40 bits per heavy atom. The topological polar surface area (TPSA) is 32.5 Å². The summed E-state index contributed by atoms with van der Waals surface area (Å²) in [6.07, 6.45) is 2.46. The molecule has 112 valence electrons. The van der Waals surface area contributed by atoms with Crippen LogP contribution in [0.15, 0.2) is 22.7 Å². The fraction of sp³-hybridized carbons (Fsp3) is 0.625. The molecular formula is C16H26BrN3. The molecule has 2 N–H and O–H groups in total. The second-order valence-corrected chi connectivity index (χ2v) is 6.83. The third-order valence-electron chi connectivity index (χ3n) is 4.49. The predicted molar refractivity (Wildman–Crippen MR) is 89.0 cm³/mol. The van der Waals surface area contributed by atoms with Crippen molar-refractivity contribution in [3.63, 3.8) is 0 Å². The van der Waals surface area contributed by atoms with Crippen LogP contribution in [-0.2, 0) is 0 Å². The van der Waals surface area contributed by atoms with Crippen molar-refractivity contribution in [2.75, 3.05) is 33.7 Å². The summed E-state index contributed by atoms with van der Waals surface area (Å²) in [5, 5.41) is 0. The zero-order chi connectivity index (χ0) is 14.7. The van der Waals surface area contributed by atoms with Gasteiger partial charge >= 0.3 is 0 Å². The van der Waals surface area contributed by atoms with Gasteiger partial charge in [0.2, 0.25) is 0 Å². The van der Waals surface area contributed by atoms with Crippen molar-refractivity contribution in [1.29, 1.82) is 0 Å². The van der Waals surface area contributed by atoms with Crippen molar-refractivity contribution >= 4 is 15.9 Å². The molecule has 1 aromatic rings. The molecule has 0 aliphatic carbocycles. The van der Waals surface area contributed by atoms with Crippen LogP contribution >= 0.6 is 15.9 Å². The number of aryl methyl sites for hydroxylation is 1. The number of nitrogens with zero attached hydrogens (tertiary/aromatic N) is 2. The minimum absolute atomic E-state index is 0.290. The van der Waals surface area contributed by atoms with Gasteiger partial charge in [0.05, 0.1) is 0 Å². The fourth-order valence-corrected chi connectivity index (χ4v) is 3.83. The Hall–Kier alpha value is -0.420. The van der Waals surface area contributed by atoms with Crippen LogP contribution in [0.2, 0.25) is 0 Å². The van der Waals surface area contributed by atoms with Crippen molar-refractivity contribution in [2.45, 2.75) is 31.8 Å². The summed E-state index contributed by atoms with van der Waals surface area (Å²) >= 11 is 3.70. The number of rotatable bonds is 4. The maximum Gasteiger partial charge on any atom is 0.0481 e. The highest BCUT2D eigenvalue weighted by Gasteiger charge is 2.27. The van der Waals surface area contributed by atoms with Crippen molar-refractivity contribution in [1.82, 2.24) is 9.80 Å². The fourth-order valence-electron chi connectivity index (χ4n) is 3.07. The molecule has 0 saturated carbocycles. The molecule has 1 saturated heterocycles. The molecule has 1 atom stereocenters. The Labute approximate surface area is 131 Å². The van der Waals surface area contributed by atoms with E-state index in [4.69, 9.17) is 5.73 Å². The maximum absolute atomic E-state index is 6.07. The van der Waals surface area contributed by atoms with E-state index in [0.29, 0.717) is 18.6 Å². The summed E-state index contributed by atoms with van der Waals surface area (Å²) in [5.74, 6) is 0. The molecule has 1 aromatic carbocycles. The number of benzene rings is 1. The summed E-state index contributed by atoms with van der Waals surface area (Å²) in [4.78, 5) is 4.88. The van der Waals surface area contributed by atoms with E-state index in [0.717, 1.165) is 0 Å². The zero-order valence-electron chi connectivity index (χ0n) is 12.8. The molecule has 1 heterocycles. The number of piperidine rings is 1. The molecule has 1 aliphatic heterocycles. The van der Waals surface area contributed by atoms with Gasteiger partial charge in [-0.3, -0.25) is 4.90 Å². The maximum atomic E-state index is 6.07. The van der Waals surface area contributed by atoms with E-state index in [-0.39, 0.29) is 0 Å². The Morgan fingerprint density at radius 3 is 2.60 bits per heavy atom. The number of halogens is 1. The smallest absolute Gasteiger partial charge is 0.0481 e. The predicted octanol–water partition coefficient (Wildman–Crippen LogP) is 2.78. The average molecular weight is 340 g/mol. The highest BCUT2D eigenvalue weighted by atomic mass is 79.9. The van der Waals surface area contributed by atoms with E-state index in [1.165, 1.54) is 41.5 Å². The molecule has 0 radical (unpaired) electrons. The van der Waals surface area contributed by atoms with Crippen LogP contribution in [0.5, 0.6) is 0 Å². The third kappa shape index (κ3) is 3.61. The van der Waals surface area contributed by atoms with Gasteiger partial charge in [-0.1, -0.05) is 28.1 Å². The monoisotopic (exact) mass is 339 g/mol. The molecule has 0 amide bonds. The number of nitrogens with two attached hydrogens (primary N) is 1. The molecular weight excluding hydrogens is 314 g/mol. The first-order chi connectivity index (χ1) is 9.52. The second-order valence-electron chi connectivity index (χ2n) is 5.98. The Morgan fingerprint density at radius 2 is 2.05 bits per heavy atom. The van der Waals surface area contributed by atoms with Crippen LogP contribution in [0.1, 0.15) is 30.0 Å². The molecule has 4 heteroatoms. The Balaban J connectivity index is 2.14. The highest BCUT2D eigenvalue weighted by molar-refractivity contribution is 9.10. The van der Waals surface area contributed by atoms with Crippen molar-refractivity contribution < 1.29 is 0 Å². The van der Waals surface area contributed by atoms with Gasteiger partial charge in [-0.25, -0.2) is 0 Å². The second kappa shape index (κ2) is 7.03. The third-order valence-corrected chi connectivity index (χ3v) is 5.18. The first-order valence-corrected chi connectivity index (χ1v) is 8.18. The zero-order valence-corrected chi connectivity index (χ0v) is 14.4. The van der Waals surface area contributed by atoms with Gasteiger partial charge < -0.3 is 10.6 Å². The molecule has 3 nitrogen and oxygen atoms in total. The molecule has 0 aromatic heterocycles. The van der Waals surface area contributed by atoms with Gasteiger partial charge in [-0.15, -0.1) is 0 Å². The number of likely N-dealkylation sites (tertiary alicyclic amines) is 1. The standard InChI is InChI=1S/C16H26BrN3/c1-12-4-5-14(15(17)10-12)16(11-18)20(3)13-6-8-19(2)9-7-13/h4-5,10,13,16H,6-9,11,18H2,1-3H3. The summed E-state index contributed by atoms with van der Waals surface area (Å²) in [6.45, 7) is 5.14. The van der Waals surface area contributed by atoms with Crippen molar-refractivity contribution in [3.8, 4) is 0 Å². The van der Waals surface area contributed by atoms with Crippen LogP contribution in [0.4, 0.5) is 0 Å². The molecule has 0 spiro atoms. The molecule has 1 aliphatic rings. The molecule has 2 rings (SSSR count). The van der Waals surface area contributed by atoms with Gasteiger partial charge in [0.25, 0.3) is 0 Å². The van der Waals surface area contributed by atoms with Crippen LogP contribution in [0.25, 0.3) is 0 Å². The van der Waals surface area contributed by atoms with E-state index in [9.17, 15) is 0 Å². The van der Waals surface area contributed by atoms with Gasteiger partial charge in [-0.05, 0) is 64.1 Å². The van der Waals surface area contributed by atoms with E-state index < -0.39 is 0 Å². The van der Waals surface area contributed by atoms with E-state index in [2.05, 4.69) is 64.9 Å².